The molecule has 2 unspecified atom stereocenters. The number of hydrogen-bond acceptors (Lipinski definition) is 4. The Kier molecular flexibility index (Phi) is 7.56. The fourth-order valence-corrected chi connectivity index (χ4v) is 5.20. The molecule has 36 heavy (non-hydrogen) atoms. The van der Waals surface area contributed by atoms with Crippen LogP contribution in [-0.4, -0.2) is 70.9 Å². The predicted octanol–water partition coefficient (Wildman–Crippen LogP) is 4.63. The van der Waals surface area contributed by atoms with Crippen molar-refractivity contribution in [3.63, 3.8) is 0 Å². The van der Waals surface area contributed by atoms with E-state index in [1.165, 1.54) is 9.80 Å². The summed E-state index contributed by atoms with van der Waals surface area (Å²) in [4.78, 5) is 43.5. The molecule has 2 atom stereocenters. The lowest BCUT2D eigenvalue weighted by Crippen LogP contribution is -2.49. The van der Waals surface area contributed by atoms with Gasteiger partial charge in [0.15, 0.2) is 0 Å². The molecule has 0 aromatic heterocycles. The van der Waals surface area contributed by atoms with E-state index in [2.05, 4.69) is 0 Å². The topological polar surface area (TPSA) is 70.2 Å². The summed E-state index contributed by atoms with van der Waals surface area (Å²) >= 11 is 0. The Balaban J connectivity index is 1.50. The van der Waals surface area contributed by atoms with Gasteiger partial charge in [-0.2, -0.15) is 0 Å². The molecule has 0 N–H and O–H groups in total. The molecule has 4 rings (SSSR count). The highest BCUT2D eigenvalue weighted by Gasteiger charge is 2.44. The summed E-state index contributed by atoms with van der Waals surface area (Å²) in [7, 11) is 0. The fraction of sp³-hybridized carbons (Fsp3) is 0.444. The number of rotatable bonds is 6. The number of hydrogen-bond donors (Lipinski definition) is 0. The molecule has 2 fully saturated rings. The van der Waals surface area contributed by atoms with Crippen LogP contribution >= 0.6 is 0 Å². The molecule has 0 aliphatic carbocycles. The van der Waals surface area contributed by atoms with Crippen LogP contribution in [0.3, 0.4) is 0 Å². The Morgan fingerprint density at radius 3 is 2.14 bits per heavy atom. The van der Waals surface area contributed by atoms with Crippen LogP contribution in [0.4, 0.5) is 13.6 Å². The van der Waals surface area contributed by atoms with Gasteiger partial charge in [-0.05, 0) is 51.3 Å². The molecule has 2 saturated heterocycles. The van der Waals surface area contributed by atoms with Gasteiger partial charge in [-0.15, -0.1) is 0 Å². The van der Waals surface area contributed by atoms with Crippen molar-refractivity contribution in [3.8, 4) is 0 Å². The van der Waals surface area contributed by atoms with Gasteiger partial charge >= 0.3 is 6.09 Å². The van der Waals surface area contributed by atoms with Crippen molar-refractivity contribution < 1.29 is 27.9 Å². The minimum absolute atomic E-state index is 0.153. The maximum Gasteiger partial charge on any atom is 0.411 e. The fourth-order valence-electron chi connectivity index (χ4n) is 5.20. The largest absolute Gasteiger partial charge is 0.439 e. The van der Waals surface area contributed by atoms with Crippen molar-refractivity contribution in [2.45, 2.75) is 51.8 Å². The summed E-state index contributed by atoms with van der Waals surface area (Å²) in [6, 6.07) is 10.9. The number of piperidine rings is 1. The molecule has 0 saturated carbocycles. The molecular formula is C27H31F2N3O4. The highest BCUT2D eigenvalue weighted by Crippen LogP contribution is 2.36. The summed E-state index contributed by atoms with van der Waals surface area (Å²) in [5.41, 5.74) is -0.155. The molecule has 7 nitrogen and oxygen atoms in total. The van der Waals surface area contributed by atoms with E-state index in [1.807, 2.05) is 37.3 Å². The number of halogens is 2. The third kappa shape index (κ3) is 4.66. The standard InChI is InChI=1S/C27H31F2N3O4/c1-4-30(5-2)25(33)22-20(28)11-12-21(29)23(22)26(34)31-15-13-19(14-16-31)32-17(3)24(36-27(32)35)18-9-7-6-8-10-18/h6-12,17,19,24H,4-5,13-16H2,1-3H3. The molecule has 3 amide bonds. The van der Waals surface area contributed by atoms with E-state index < -0.39 is 40.7 Å². The normalized spacial score (nSPS) is 20.4. The van der Waals surface area contributed by atoms with Crippen LogP contribution in [0.2, 0.25) is 0 Å². The molecule has 192 valence electrons. The molecule has 2 aromatic carbocycles. The number of likely N-dealkylation sites (tertiary alicyclic amines) is 1. The van der Waals surface area contributed by atoms with E-state index >= 15 is 0 Å². The molecule has 2 aliphatic rings. The SMILES string of the molecule is CCN(CC)C(=O)c1c(F)ccc(F)c1C(=O)N1CCC(N2C(=O)OC(c3ccccc3)C2C)CC1. The van der Waals surface area contributed by atoms with Crippen LogP contribution in [0.15, 0.2) is 42.5 Å². The average Bonchev–Trinajstić information content (AvgIpc) is 3.19. The highest BCUT2D eigenvalue weighted by molar-refractivity contribution is 6.07. The first-order valence-corrected chi connectivity index (χ1v) is 12.4. The quantitative estimate of drug-likeness (QED) is 0.581. The number of amides is 3. The van der Waals surface area contributed by atoms with Crippen LogP contribution in [0.1, 0.15) is 66.0 Å². The zero-order valence-electron chi connectivity index (χ0n) is 20.7. The van der Waals surface area contributed by atoms with Crippen LogP contribution in [0.5, 0.6) is 0 Å². The molecule has 0 spiro atoms. The molecule has 2 aromatic rings. The van der Waals surface area contributed by atoms with Crippen molar-refractivity contribution >= 4 is 17.9 Å². The zero-order valence-corrected chi connectivity index (χ0v) is 20.7. The molecule has 0 bridgehead atoms. The third-order valence-corrected chi connectivity index (χ3v) is 7.17. The van der Waals surface area contributed by atoms with Gasteiger partial charge in [0.25, 0.3) is 11.8 Å². The number of carbonyl (C=O) groups is 3. The second-order valence-electron chi connectivity index (χ2n) is 9.14. The van der Waals surface area contributed by atoms with Gasteiger partial charge in [-0.3, -0.25) is 14.5 Å². The lowest BCUT2D eigenvalue weighted by Gasteiger charge is -2.37. The van der Waals surface area contributed by atoms with Gasteiger partial charge in [0.05, 0.1) is 17.2 Å². The van der Waals surface area contributed by atoms with Crippen LogP contribution in [-0.2, 0) is 4.74 Å². The van der Waals surface area contributed by atoms with Crippen molar-refractivity contribution in [2.75, 3.05) is 26.2 Å². The number of carbonyl (C=O) groups excluding carboxylic acids is 3. The van der Waals surface area contributed by atoms with Crippen LogP contribution < -0.4 is 0 Å². The maximum atomic E-state index is 14.8. The van der Waals surface area contributed by atoms with E-state index in [0.29, 0.717) is 25.9 Å². The Labute approximate surface area is 209 Å². The first-order valence-electron chi connectivity index (χ1n) is 12.4. The van der Waals surface area contributed by atoms with Crippen molar-refractivity contribution in [1.29, 1.82) is 0 Å². The smallest absolute Gasteiger partial charge is 0.411 e. The second-order valence-corrected chi connectivity index (χ2v) is 9.14. The molecule has 0 radical (unpaired) electrons. The Morgan fingerprint density at radius 2 is 1.56 bits per heavy atom. The zero-order chi connectivity index (χ0) is 26.0. The molecule has 2 heterocycles. The van der Waals surface area contributed by atoms with Crippen LogP contribution in [0.25, 0.3) is 0 Å². The molecule has 2 aliphatic heterocycles. The summed E-state index contributed by atoms with van der Waals surface area (Å²) < 4.78 is 35.2. The van der Waals surface area contributed by atoms with E-state index in [9.17, 15) is 23.2 Å². The minimum atomic E-state index is -0.929. The number of cyclic esters (lactones) is 1. The number of ether oxygens (including phenoxy) is 1. The monoisotopic (exact) mass is 499 g/mol. The van der Waals surface area contributed by atoms with Crippen molar-refractivity contribution in [3.05, 3.63) is 70.8 Å². The van der Waals surface area contributed by atoms with Gasteiger partial charge in [-0.1, -0.05) is 30.3 Å². The van der Waals surface area contributed by atoms with Gasteiger partial charge in [0.2, 0.25) is 0 Å². The predicted molar refractivity (Wildman–Crippen MR) is 130 cm³/mol. The maximum absolute atomic E-state index is 14.8. The Morgan fingerprint density at radius 1 is 0.972 bits per heavy atom. The van der Waals surface area contributed by atoms with Gasteiger partial charge in [0.1, 0.15) is 17.7 Å². The summed E-state index contributed by atoms with van der Waals surface area (Å²) in [6.07, 6.45) is 0.143. The lowest BCUT2D eigenvalue weighted by molar-refractivity contribution is 0.0623. The van der Waals surface area contributed by atoms with Crippen molar-refractivity contribution in [2.24, 2.45) is 0 Å². The van der Waals surface area contributed by atoms with E-state index in [0.717, 1.165) is 17.7 Å². The van der Waals surface area contributed by atoms with Crippen LogP contribution in [0, 0.1) is 11.6 Å². The summed E-state index contributed by atoms with van der Waals surface area (Å²) in [6.45, 7) is 6.50. The van der Waals surface area contributed by atoms with Gasteiger partial charge in [-0.25, -0.2) is 13.6 Å². The Hall–Kier alpha value is -3.49. The summed E-state index contributed by atoms with van der Waals surface area (Å²) in [5.74, 6) is -3.29. The summed E-state index contributed by atoms with van der Waals surface area (Å²) in [5, 5.41) is 0. The van der Waals surface area contributed by atoms with Crippen molar-refractivity contribution in [1.82, 2.24) is 14.7 Å². The van der Waals surface area contributed by atoms with E-state index in [4.69, 9.17) is 4.74 Å². The third-order valence-electron chi connectivity index (χ3n) is 7.17. The molecular weight excluding hydrogens is 468 g/mol. The minimum Gasteiger partial charge on any atom is -0.439 e. The Bertz CT molecular complexity index is 1130. The number of nitrogens with zero attached hydrogens (tertiary/aromatic N) is 3. The molecule has 9 heteroatoms. The second kappa shape index (κ2) is 10.6. The first kappa shape index (κ1) is 25.6. The average molecular weight is 500 g/mol. The lowest BCUT2D eigenvalue weighted by atomic mass is 9.97. The first-order chi connectivity index (χ1) is 17.3. The van der Waals surface area contributed by atoms with Gasteiger partial charge in [0, 0.05) is 32.2 Å². The highest BCUT2D eigenvalue weighted by atomic mass is 19.1. The number of benzene rings is 2. The van der Waals surface area contributed by atoms with Gasteiger partial charge < -0.3 is 14.5 Å². The van der Waals surface area contributed by atoms with E-state index in [-0.39, 0.29) is 31.3 Å². The van der Waals surface area contributed by atoms with E-state index in [1.54, 1.807) is 18.7 Å².